The number of hydrogen-bond donors (Lipinski definition) is 2. The molecule has 0 radical (unpaired) electrons. The number of aryl methyl sites for hydroxylation is 1. The van der Waals surface area contributed by atoms with Gasteiger partial charge in [0.1, 0.15) is 11.9 Å². The Kier molecular flexibility index (Phi) is 5.03. The van der Waals surface area contributed by atoms with E-state index in [1.807, 2.05) is 27.7 Å². The van der Waals surface area contributed by atoms with Crippen LogP contribution in [0, 0.1) is 19.3 Å². The maximum Gasteiger partial charge on any atom is 0.245 e. The Morgan fingerprint density at radius 2 is 2.06 bits per heavy atom. The zero-order chi connectivity index (χ0) is 13.7. The monoisotopic (exact) mass is 252 g/mol. The van der Waals surface area contributed by atoms with E-state index in [2.05, 4.69) is 10.2 Å². The lowest BCUT2D eigenvalue weighted by atomic mass is 10.1. The molecule has 0 spiro atoms. The van der Waals surface area contributed by atoms with E-state index in [9.17, 15) is 0 Å². The molecule has 0 amide bonds. The zero-order valence-corrected chi connectivity index (χ0v) is 11.3. The molecule has 6 nitrogen and oxygen atoms in total. The van der Waals surface area contributed by atoms with Crippen LogP contribution in [-0.2, 0) is 4.74 Å². The lowest BCUT2D eigenvalue weighted by Crippen LogP contribution is -2.24. The minimum atomic E-state index is -0.167. The zero-order valence-electron chi connectivity index (χ0n) is 11.3. The molecule has 0 aromatic carbocycles. The molecule has 1 atom stereocenters. The highest BCUT2D eigenvalue weighted by Crippen LogP contribution is 2.20. The average Bonchev–Trinajstić information content (AvgIpc) is 2.31. The van der Waals surface area contributed by atoms with Crippen molar-refractivity contribution in [2.45, 2.75) is 33.8 Å². The Balaban J connectivity index is 2.95. The second-order valence-electron chi connectivity index (χ2n) is 4.09. The summed E-state index contributed by atoms with van der Waals surface area (Å²) < 4.78 is 10.9. The predicted molar refractivity (Wildman–Crippen MR) is 69.1 cm³/mol. The van der Waals surface area contributed by atoms with Crippen LogP contribution in [0.2, 0.25) is 0 Å². The fourth-order valence-electron chi connectivity index (χ4n) is 1.49. The minimum Gasteiger partial charge on any atom is -0.471 e. The molecule has 0 bridgehead atoms. The summed E-state index contributed by atoms with van der Waals surface area (Å²) in [6.07, 6.45) is -0.167. The lowest BCUT2D eigenvalue weighted by Gasteiger charge is -2.17. The van der Waals surface area contributed by atoms with Gasteiger partial charge in [0.15, 0.2) is 0 Å². The first-order valence-electron chi connectivity index (χ1n) is 5.90. The van der Waals surface area contributed by atoms with Crippen LogP contribution < -0.4 is 10.5 Å². The Morgan fingerprint density at radius 3 is 2.61 bits per heavy atom. The Morgan fingerprint density at radius 1 is 1.39 bits per heavy atom. The normalized spacial score (nSPS) is 12.2. The van der Waals surface area contributed by atoms with Gasteiger partial charge in [0.25, 0.3) is 0 Å². The summed E-state index contributed by atoms with van der Waals surface area (Å²) in [6, 6.07) is 0. The summed E-state index contributed by atoms with van der Waals surface area (Å²) in [5, 5.41) is 15.5. The number of nitrogens with two attached hydrogens (primary N) is 1. The molecule has 0 aliphatic heterocycles. The Bertz CT molecular complexity index is 434. The van der Waals surface area contributed by atoms with Crippen LogP contribution in [-0.4, -0.2) is 35.4 Å². The third-order valence-corrected chi connectivity index (χ3v) is 2.56. The van der Waals surface area contributed by atoms with Gasteiger partial charge in [0.2, 0.25) is 5.88 Å². The molecule has 100 valence electrons. The maximum absolute atomic E-state index is 7.59. The molecule has 6 heteroatoms. The SMILES string of the molecule is CCOCC(C)Oc1nnc(C)c(C)c1C(=N)N. The Labute approximate surface area is 107 Å². The number of aromatic nitrogens is 2. The molecule has 1 heterocycles. The first-order chi connectivity index (χ1) is 8.47. The summed E-state index contributed by atoms with van der Waals surface area (Å²) in [5.74, 6) is 0.224. The van der Waals surface area contributed by atoms with Crippen LogP contribution in [0.25, 0.3) is 0 Å². The molecular formula is C12H20N4O2. The van der Waals surface area contributed by atoms with Gasteiger partial charge in [-0.2, -0.15) is 5.10 Å². The van der Waals surface area contributed by atoms with Crippen molar-refractivity contribution in [3.8, 4) is 5.88 Å². The fraction of sp³-hybridized carbons (Fsp3) is 0.583. The van der Waals surface area contributed by atoms with Gasteiger partial charge in [-0.3, -0.25) is 5.41 Å². The van der Waals surface area contributed by atoms with Gasteiger partial charge in [-0.05, 0) is 33.3 Å². The number of amidine groups is 1. The quantitative estimate of drug-likeness (QED) is 0.585. The number of rotatable bonds is 6. The van der Waals surface area contributed by atoms with Crippen molar-refractivity contribution >= 4 is 5.84 Å². The molecule has 0 fully saturated rings. The number of ether oxygens (including phenoxy) is 2. The van der Waals surface area contributed by atoms with Gasteiger partial charge in [-0.1, -0.05) is 0 Å². The molecule has 0 saturated carbocycles. The molecule has 0 aliphatic rings. The predicted octanol–water partition coefficient (Wildman–Crippen LogP) is 1.18. The van der Waals surface area contributed by atoms with Crippen molar-refractivity contribution in [3.05, 3.63) is 16.8 Å². The van der Waals surface area contributed by atoms with E-state index in [0.717, 1.165) is 11.3 Å². The first kappa shape index (κ1) is 14.4. The van der Waals surface area contributed by atoms with Crippen LogP contribution >= 0.6 is 0 Å². The number of hydrogen-bond acceptors (Lipinski definition) is 5. The van der Waals surface area contributed by atoms with Gasteiger partial charge in [0.05, 0.1) is 17.9 Å². The van der Waals surface area contributed by atoms with E-state index >= 15 is 0 Å². The molecule has 1 unspecified atom stereocenters. The smallest absolute Gasteiger partial charge is 0.245 e. The highest BCUT2D eigenvalue weighted by molar-refractivity contribution is 5.98. The standard InChI is InChI=1S/C12H20N4O2/c1-5-17-6-7(2)18-12-10(11(13)14)8(3)9(4)15-16-12/h7H,5-6H2,1-4H3,(H3,13,14). The van der Waals surface area contributed by atoms with Crippen LogP contribution in [0.15, 0.2) is 0 Å². The maximum atomic E-state index is 7.59. The van der Waals surface area contributed by atoms with Gasteiger partial charge in [-0.25, -0.2) is 0 Å². The highest BCUT2D eigenvalue weighted by atomic mass is 16.5. The van der Waals surface area contributed by atoms with E-state index < -0.39 is 0 Å². The largest absolute Gasteiger partial charge is 0.471 e. The van der Waals surface area contributed by atoms with Gasteiger partial charge >= 0.3 is 0 Å². The molecule has 0 aliphatic carbocycles. The van der Waals surface area contributed by atoms with Gasteiger partial charge in [-0.15, -0.1) is 5.10 Å². The van der Waals surface area contributed by atoms with Crippen molar-refractivity contribution < 1.29 is 9.47 Å². The topological polar surface area (TPSA) is 94.1 Å². The first-order valence-corrected chi connectivity index (χ1v) is 5.90. The van der Waals surface area contributed by atoms with E-state index in [1.54, 1.807) is 0 Å². The van der Waals surface area contributed by atoms with Crippen LogP contribution in [0.1, 0.15) is 30.7 Å². The van der Waals surface area contributed by atoms with Crippen molar-refractivity contribution in [1.82, 2.24) is 10.2 Å². The van der Waals surface area contributed by atoms with Gasteiger partial charge in [0, 0.05) is 6.61 Å². The summed E-state index contributed by atoms with van der Waals surface area (Å²) in [6.45, 7) is 8.55. The highest BCUT2D eigenvalue weighted by Gasteiger charge is 2.17. The molecule has 0 saturated heterocycles. The molecular weight excluding hydrogens is 232 g/mol. The number of nitrogens with zero attached hydrogens (tertiary/aromatic N) is 2. The second kappa shape index (κ2) is 6.30. The third kappa shape index (κ3) is 3.40. The number of nitrogens with one attached hydrogen (secondary N) is 1. The average molecular weight is 252 g/mol. The molecule has 3 N–H and O–H groups in total. The van der Waals surface area contributed by atoms with E-state index in [-0.39, 0.29) is 17.8 Å². The second-order valence-corrected chi connectivity index (χ2v) is 4.09. The summed E-state index contributed by atoms with van der Waals surface area (Å²) in [4.78, 5) is 0. The third-order valence-electron chi connectivity index (χ3n) is 2.56. The van der Waals surface area contributed by atoms with Crippen LogP contribution in [0.4, 0.5) is 0 Å². The fourth-order valence-corrected chi connectivity index (χ4v) is 1.49. The summed E-state index contributed by atoms with van der Waals surface area (Å²) >= 11 is 0. The minimum absolute atomic E-state index is 0.0656. The lowest BCUT2D eigenvalue weighted by molar-refractivity contribution is 0.0626. The van der Waals surface area contributed by atoms with E-state index in [0.29, 0.717) is 18.8 Å². The van der Waals surface area contributed by atoms with Gasteiger partial charge < -0.3 is 15.2 Å². The van der Waals surface area contributed by atoms with Crippen LogP contribution in [0.5, 0.6) is 5.88 Å². The van der Waals surface area contributed by atoms with E-state index in [1.165, 1.54) is 0 Å². The van der Waals surface area contributed by atoms with Crippen molar-refractivity contribution in [1.29, 1.82) is 5.41 Å². The number of nitrogen functional groups attached to an aromatic ring is 1. The Hall–Kier alpha value is -1.69. The van der Waals surface area contributed by atoms with Crippen LogP contribution in [0.3, 0.4) is 0 Å². The molecule has 1 aromatic rings. The molecule has 18 heavy (non-hydrogen) atoms. The summed E-state index contributed by atoms with van der Waals surface area (Å²) in [5.41, 5.74) is 7.63. The molecule has 1 aromatic heterocycles. The summed E-state index contributed by atoms with van der Waals surface area (Å²) in [7, 11) is 0. The molecule has 1 rings (SSSR count). The van der Waals surface area contributed by atoms with Crippen molar-refractivity contribution in [2.24, 2.45) is 5.73 Å². The van der Waals surface area contributed by atoms with Crippen molar-refractivity contribution in [3.63, 3.8) is 0 Å². The van der Waals surface area contributed by atoms with Crippen molar-refractivity contribution in [2.75, 3.05) is 13.2 Å². The van der Waals surface area contributed by atoms with E-state index in [4.69, 9.17) is 20.6 Å².